The van der Waals surface area contributed by atoms with E-state index in [2.05, 4.69) is 0 Å². The van der Waals surface area contributed by atoms with Gasteiger partial charge in [0.05, 0.1) is 5.69 Å². The highest BCUT2D eigenvalue weighted by molar-refractivity contribution is 7.18. The van der Waals surface area contributed by atoms with Gasteiger partial charge in [-0.15, -0.1) is 11.3 Å². The summed E-state index contributed by atoms with van der Waals surface area (Å²) in [6, 6.07) is 1.93. The van der Waals surface area contributed by atoms with Gasteiger partial charge in [0.15, 0.2) is 0 Å². The monoisotopic (exact) mass is 279 g/mol. The number of aryl methyl sites for hydroxylation is 2. The van der Waals surface area contributed by atoms with E-state index in [9.17, 15) is 9.90 Å². The third-order valence-corrected chi connectivity index (χ3v) is 4.28. The molecule has 2 heterocycles. The van der Waals surface area contributed by atoms with Crippen molar-refractivity contribution in [1.82, 2.24) is 0 Å². The van der Waals surface area contributed by atoms with Gasteiger partial charge in [-0.05, 0) is 31.4 Å². The van der Waals surface area contributed by atoms with Crippen LogP contribution in [-0.4, -0.2) is 11.1 Å². The lowest BCUT2D eigenvalue weighted by molar-refractivity contribution is 0.0703. The molecule has 0 saturated carbocycles. The quantitative estimate of drug-likeness (QED) is 0.889. The van der Waals surface area contributed by atoms with Crippen molar-refractivity contribution in [1.29, 1.82) is 0 Å². The Hall–Kier alpha value is -1.75. The summed E-state index contributed by atoms with van der Waals surface area (Å²) in [4.78, 5) is 12.3. The van der Waals surface area contributed by atoms with Crippen LogP contribution in [0.5, 0.6) is 0 Å². The number of furan rings is 1. The average Bonchev–Trinajstić information content (AvgIpc) is 2.78. The molecule has 0 saturated heterocycles. The number of carbonyl (C=O) groups is 1. The number of aromatic carboxylic acids is 1. The molecule has 0 atom stereocenters. The van der Waals surface area contributed by atoms with E-state index in [1.807, 2.05) is 33.8 Å². The lowest BCUT2D eigenvalue weighted by Gasteiger charge is -2.08. The molecule has 0 fully saturated rings. The lowest BCUT2D eigenvalue weighted by Crippen LogP contribution is -2.00. The number of hydrogen-bond acceptors (Lipinski definition) is 4. The molecule has 102 valence electrons. The minimum atomic E-state index is -0.978. The third-order valence-electron chi connectivity index (χ3n) is 3.04. The molecule has 0 radical (unpaired) electrons. The van der Waals surface area contributed by atoms with Gasteiger partial charge in [0.25, 0.3) is 0 Å². The van der Waals surface area contributed by atoms with E-state index >= 15 is 0 Å². The number of rotatable bonds is 3. The van der Waals surface area contributed by atoms with Gasteiger partial charge in [0, 0.05) is 10.4 Å². The molecule has 0 aromatic carbocycles. The second-order valence-corrected chi connectivity index (χ2v) is 5.90. The molecule has 0 aliphatic heterocycles. The highest BCUT2D eigenvalue weighted by atomic mass is 32.1. The maximum absolute atomic E-state index is 11.2. The van der Waals surface area contributed by atoms with Crippen LogP contribution in [0.15, 0.2) is 10.5 Å². The third kappa shape index (κ3) is 2.26. The molecule has 3 N–H and O–H groups in total. The van der Waals surface area contributed by atoms with Crippen molar-refractivity contribution >= 4 is 23.0 Å². The van der Waals surface area contributed by atoms with Crippen LogP contribution in [0.4, 0.5) is 5.69 Å². The summed E-state index contributed by atoms with van der Waals surface area (Å²) in [5.41, 5.74) is 8.21. The zero-order valence-corrected chi connectivity index (χ0v) is 12.2. The first kappa shape index (κ1) is 13.7. The highest BCUT2D eigenvalue weighted by Gasteiger charge is 2.25. The molecule has 2 rings (SSSR count). The van der Waals surface area contributed by atoms with E-state index in [4.69, 9.17) is 10.2 Å². The van der Waals surface area contributed by atoms with Gasteiger partial charge >= 0.3 is 5.97 Å². The Bertz CT molecular complexity index is 637. The second kappa shape index (κ2) is 4.74. The van der Waals surface area contributed by atoms with Gasteiger partial charge < -0.3 is 15.3 Å². The minimum Gasteiger partial charge on any atom is -0.477 e. The van der Waals surface area contributed by atoms with Crippen molar-refractivity contribution in [2.75, 3.05) is 5.73 Å². The van der Waals surface area contributed by atoms with Crippen LogP contribution in [0, 0.1) is 13.8 Å². The largest absolute Gasteiger partial charge is 0.477 e. The summed E-state index contributed by atoms with van der Waals surface area (Å²) in [6.07, 6.45) is 0. The molecule has 2 aromatic rings. The molecule has 0 aliphatic carbocycles. The molecule has 0 amide bonds. The summed E-state index contributed by atoms with van der Waals surface area (Å²) < 4.78 is 5.53. The summed E-state index contributed by atoms with van der Waals surface area (Å²) in [5.74, 6) is 0.783. The van der Waals surface area contributed by atoms with Crippen LogP contribution in [0.2, 0.25) is 0 Å². The SMILES string of the molecule is Cc1cc(-c2sc(C(=O)O)c(N)c2C(C)C)c(C)o1. The van der Waals surface area contributed by atoms with Gasteiger partial charge in [0.1, 0.15) is 16.4 Å². The summed E-state index contributed by atoms with van der Waals surface area (Å²) in [7, 11) is 0. The fourth-order valence-electron chi connectivity index (χ4n) is 2.25. The Balaban J connectivity index is 2.72. The van der Waals surface area contributed by atoms with Gasteiger partial charge in [-0.1, -0.05) is 13.8 Å². The van der Waals surface area contributed by atoms with Crippen LogP contribution in [0.3, 0.4) is 0 Å². The van der Waals surface area contributed by atoms with Crippen molar-refractivity contribution in [2.45, 2.75) is 33.6 Å². The number of carboxylic acid groups (broad SMARTS) is 1. The Kier molecular flexibility index (Phi) is 3.41. The van der Waals surface area contributed by atoms with E-state index in [1.54, 1.807) is 0 Å². The summed E-state index contributed by atoms with van der Waals surface area (Å²) in [6.45, 7) is 7.77. The molecule has 19 heavy (non-hydrogen) atoms. The predicted octanol–water partition coefficient (Wildman–Crippen LogP) is 4.03. The van der Waals surface area contributed by atoms with E-state index in [0.29, 0.717) is 5.69 Å². The van der Waals surface area contributed by atoms with Crippen LogP contribution >= 0.6 is 11.3 Å². The predicted molar refractivity (Wildman–Crippen MR) is 77.0 cm³/mol. The number of anilines is 1. The molecule has 4 nitrogen and oxygen atoms in total. The first-order valence-electron chi connectivity index (χ1n) is 6.05. The van der Waals surface area contributed by atoms with Gasteiger partial charge in [-0.2, -0.15) is 0 Å². The molecule has 2 aromatic heterocycles. The maximum atomic E-state index is 11.2. The number of hydrogen-bond donors (Lipinski definition) is 2. The number of nitrogen functional groups attached to an aromatic ring is 1. The highest BCUT2D eigenvalue weighted by Crippen LogP contribution is 2.44. The van der Waals surface area contributed by atoms with E-state index in [1.165, 1.54) is 11.3 Å². The number of carboxylic acids is 1. The van der Waals surface area contributed by atoms with Crippen molar-refractivity contribution in [3.05, 3.63) is 28.0 Å². The number of nitrogens with two attached hydrogens (primary N) is 1. The zero-order valence-electron chi connectivity index (χ0n) is 11.4. The Morgan fingerprint density at radius 3 is 2.47 bits per heavy atom. The van der Waals surface area contributed by atoms with Gasteiger partial charge in [0.2, 0.25) is 0 Å². The zero-order chi connectivity index (χ0) is 14.3. The molecular formula is C14H17NO3S. The van der Waals surface area contributed by atoms with E-state index in [0.717, 1.165) is 27.5 Å². The Labute approximate surface area is 115 Å². The lowest BCUT2D eigenvalue weighted by atomic mass is 9.98. The van der Waals surface area contributed by atoms with Crippen LogP contribution in [0.1, 0.15) is 46.5 Å². The van der Waals surface area contributed by atoms with Crippen molar-refractivity contribution < 1.29 is 14.3 Å². The molecule has 0 aliphatic rings. The van der Waals surface area contributed by atoms with Crippen molar-refractivity contribution in [3.63, 3.8) is 0 Å². The average molecular weight is 279 g/mol. The van der Waals surface area contributed by atoms with Gasteiger partial charge in [-0.3, -0.25) is 0 Å². The first-order valence-corrected chi connectivity index (χ1v) is 6.87. The maximum Gasteiger partial charge on any atom is 0.348 e. The fourth-order valence-corrected chi connectivity index (χ4v) is 3.52. The molecule has 0 bridgehead atoms. The Morgan fingerprint density at radius 2 is 2.05 bits per heavy atom. The van der Waals surface area contributed by atoms with Crippen LogP contribution in [0.25, 0.3) is 10.4 Å². The van der Waals surface area contributed by atoms with Crippen LogP contribution in [-0.2, 0) is 0 Å². The number of thiophene rings is 1. The van der Waals surface area contributed by atoms with Crippen molar-refractivity contribution in [2.24, 2.45) is 0 Å². The smallest absolute Gasteiger partial charge is 0.348 e. The molecule has 0 spiro atoms. The second-order valence-electron chi connectivity index (χ2n) is 4.87. The molecule has 5 heteroatoms. The topological polar surface area (TPSA) is 76.5 Å². The Morgan fingerprint density at radius 1 is 1.42 bits per heavy atom. The van der Waals surface area contributed by atoms with Crippen molar-refractivity contribution in [3.8, 4) is 10.4 Å². The summed E-state index contributed by atoms with van der Waals surface area (Å²) in [5, 5.41) is 9.21. The first-order chi connectivity index (χ1) is 8.82. The van der Waals surface area contributed by atoms with Gasteiger partial charge in [-0.25, -0.2) is 4.79 Å². The van der Waals surface area contributed by atoms with E-state index in [-0.39, 0.29) is 10.8 Å². The molecular weight excluding hydrogens is 262 g/mol. The summed E-state index contributed by atoms with van der Waals surface area (Å²) >= 11 is 1.22. The van der Waals surface area contributed by atoms with E-state index < -0.39 is 5.97 Å². The minimum absolute atomic E-state index is 0.161. The van der Waals surface area contributed by atoms with Crippen LogP contribution < -0.4 is 5.73 Å². The standard InChI is InChI=1S/C14H17NO3S/c1-6(2)10-11(15)13(14(16)17)19-12(10)9-5-7(3)18-8(9)4/h5-6H,15H2,1-4H3,(H,16,17). The molecule has 0 unspecified atom stereocenters. The fraction of sp³-hybridized carbons (Fsp3) is 0.357. The normalized spacial score (nSPS) is 11.2.